The van der Waals surface area contributed by atoms with Crippen molar-refractivity contribution in [3.05, 3.63) is 59.1 Å². The Bertz CT molecular complexity index is 540. The van der Waals surface area contributed by atoms with Gasteiger partial charge in [0.1, 0.15) is 17.1 Å². The van der Waals surface area contributed by atoms with E-state index in [0.29, 0.717) is 5.56 Å². The molecule has 0 heterocycles. The van der Waals surface area contributed by atoms with Gasteiger partial charge in [-0.05, 0) is 0 Å². The van der Waals surface area contributed by atoms with Crippen molar-refractivity contribution in [1.82, 2.24) is 0 Å². The standard InChI is InChI=1S/C13H12O5/c14-9-6-13(17,18)7-10(15)11(9)12(16)8-4-2-1-3-5-8/h1-6,14-15,17-18H,7H2. The Morgan fingerprint density at radius 3 is 2.28 bits per heavy atom. The summed E-state index contributed by atoms with van der Waals surface area (Å²) in [4.78, 5) is 12.0. The van der Waals surface area contributed by atoms with Crippen molar-refractivity contribution in [1.29, 1.82) is 0 Å². The van der Waals surface area contributed by atoms with E-state index < -0.39 is 29.5 Å². The Morgan fingerprint density at radius 1 is 1.11 bits per heavy atom. The third-order valence-electron chi connectivity index (χ3n) is 2.60. The largest absolute Gasteiger partial charge is 0.511 e. The van der Waals surface area contributed by atoms with Crippen molar-refractivity contribution < 1.29 is 25.2 Å². The summed E-state index contributed by atoms with van der Waals surface area (Å²) in [6.07, 6.45) is 0.188. The molecule has 1 aliphatic rings. The van der Waals surface area contributed by atoms with E-state index in [1.807, 2.05) is 0 Å². The molecule has 0 unspecified atom stereocenters. The van der Waals surface area contributed by atoms with Gasteiger partial charge in [-0.1, -0.05) is 30.3 Å². The zero-order valence-electron chi connectivity index (χ0n) is 9.37. The summed E-state index contributed by atoms with van der Waals surface area (Å²) in [6.45, 7) is 0. The molecule has 0 radical (unpaired) electrons. The molecule has 0 saturated heterocycles. The Kier molecular flexibility index (Phi) is 2.94. The fraction of sp³-hybridized carbons (Fsp3) is 0.154. The maximum Gasteiger partial charge on any atom is 0.200 e. The molecule has 18 heavy (non-hydrogen) atoms. The highest BCUT2D eigenvalue weighted by Gasteiger charge is 2.34. The minimum Gasteiger partial charge on any atom is -0.511 e. The summed E-state index contributed by atoms with van der Waals surface area (Å²) in [7, 11) is 0. The van der Waals surface area contributed by atoms with E-state index in [9.17, 15) is 25.2 Å². The number of allylic oxidation sites excluding steroid dienone is 1. The third kappa shape index (κ3) is 2.27. The van der Waals surface area contributed by atoms with Crippen LogP contribution in [0.3, 0.4) is 0 Å². The maximum absolute atomic E-state index is 12.0. The quantitative estimate of drug-likeness (QED) is 0.466. The van der Waals surface area contributed by atoms with E-state index in [1.54, 1.807) is 18.2 Å². The van der Waals surface area contributed by atoms with E-state index >= 15 is 0 Å². The first kappa shape index (κ1) is 12.3. The third-order valence-corrected chi connectivity index (χ3v) is 2.60. The molecular weight excluding hydrogens is 236 g/mol. The zero-order valence-corrected chi connectivity index (χ0v) is 9.37. The zero-order chi connectivity index (χ0) is 13.3. The van der Waals surface area contributed by atoms with Gasteiger partial charge >= 0.3 is 0 Å². The predicted molar refractivity (Wildman–Crippen MR) is 62.9 cm³/mol. The van der Waals surface area contributed by atoms with Crippen molar-refractivity contribution >= 4 is 5.78 Å². The van der Waals surface area contributed by atoms with E-state index in [-0.39, 0.29) is 5.57 Å². The van der Waals surface area contributed by atoms with Crippen LogP contribution in [0.5, 0.6) is 0 Å². The molecule has 94 valence electrons. The van der Waals surface area contributed by atoms with Crippen molar-refractivity contribution in [2.75, 3.05) is 0 Å². The Labute approximate surface area is 103 Å². The average Bonchev–Trinajstić information content (AvgIpc) is 2.27. The molecule has 5 nitrogen and oxygen atoms in total. The first-order chi connectivity index (χ1) is 8.41. The monoisotopic (exact) mass is 248 g/mol. The number of Topliss-reactive ketones (excluding diaryl/α,β-unsaturated/α-hetero) is 1. The molecule has 0 amide bonds. The summed E-state index contributed by atoms with van der Waals surface area (Å²) in [5.74, 6) is -4.10. The molecule has 2 rings (SSSR count). The number of rotatable bonds is 2. The minimum atomic E-state index is -2.34. The van der Waals surface area contributed by atoms with E-state index in [1.165, 1.54) is 12.1 Å². The van der Waals surface area contributed by atoms with Gasteiger partial charge < -0.3 is 20.4 Å². The van der Waals surface area contributed by atoms with Crippen LogP contribution in [-0.2, 0) is 0 Å². The lowest BCUT2D eigenvalue weighted by atomic mass is 9.92. The number of benzene rings is 1. The summed E-state index contributed by atoms with van der Waals surface area (Å²) in [5, 5.41) is 37.9. The summed E-state index contributed by atoms with van der Waals surface area (Å²) >= 11 is 0. The van der Waals surface area contributed by atoms with Crippen molar-refractivity contribution in [3.8, 4) is 0 Å². The first-order valence-corrected chi connectivity index (χ1v) is 5.29. The lowest BCUT2D eigenvalue weighted by molar-refractivity contribution is -0.124. The molecule has 0 bridgehead atoms. The van der Waals surface area contributed by atoms with Gasteiger partial charge in [0.15, 0.2) is 11.6 Å². The normalized spacial score (nSPS) is 18.4. The molecule has 1 aliphatic carbocycles. The summed E-state index contributed by atoms with van der Waals surface area (Å²) < 4.78 is 0. The number of hydrogen-bond acceptors (Lipinski definition) is 5. The van der Waals surface area contributed by atoms with E-state index in [4.69, 9.17) is 0 Å². The van der Waals surface area contributed by atoms with Crippen LogP contribution in [0.25, 0.3) is 0 Å². The van der Waals surface area contributed by atoms with Crippen LogP contribution in [0.1, 0.15) is 16.8 Å². The van der Waals surface area contributed by atoms with Gasteiger partial charge in [0, 0.05) is 11.6 Å². The van der Waals surface area contributed by atoms with Gasteiger partial charge in [-0.15, -0.1) is 0 Å². The molecule has 4 N–H and O–H groups in total. The van der Waals surface area contributed by atoms with Crippen LogP contribution in [0, 0.1) is 0 Å². The molecule has 0 fully saturated rings. The van der Waals surface area contributed by atoms with Crippen molar-refractivity contribution in [3.63, 3.8) is 0 Å². The van der Waals surface area contributed by atoms with Crippen LogP contribution in [0.4, 0.5) is 0 Å². The fourth-order valence-electron chi connectivity index (χ4n) is 1.81. The fourth-order valence-corrected chi connectivity index (χ4v) is 1.81. The van der Waals surface area contributed by atoms with Gasteiger partial charge in [-0.3, -0.25) is 4.79 Å². The predicted octanol–water partition coefficient (Wildman–Crippen LogP) is 1.21. The molecule has 0 spiro atoms. The summed E-state index contributed by atoms with van der Waals surface area (Å²) in [5.41, 5.74) is -0.0118. The van der Waals surface area contributed by atoms with Crippen LogP contribution in [-0.4, -0.2) is 32.0 Å². The number of ketones is 1. The number of carbonyl (C=O) groups excluding carboxylic acids is 1. The van der Waals surface area contributed by atoms with Crippen LogP contribution < -0.4 is 0 Å². The second-order valence-electron chi connectivity index (χ2n) is 4.10. The molecule has 1 aromatic carbocycles. The topological polar surface area (TPSA) is 98.0 Å². The molecule has 0 aliphatic heterocycles. The highest BCUT2D eigenvalue weighted by molar-refractivity contribution is 6.11. The highest BCUT2D eigenvalue weighted by atomic mass is 16.5. The van der Waals surface area contributed by atoms with Crippen molar-refractivity contribution in [2.24, 2.45) is 0 Å². The number of aliphatic hydroxyl groups is 4. The number of aliphatic hydroxyl groups excluding tert-OH is 2. The number of carbonyl (C=O) groups is 1. The van der Waals surface area contributed by atoms with Gasteiger partial charge in [0.2, 0.25) is 0 Å². The molecule has 5 heteroatoms. The highest BCUT2D eigenvalue weighted by Crippen LogP contribution is 2.29. The van der Waals surface area contributed by atoms with E-state index in [2.05, 4.69) is 0 Å². The van der Waals surface area contributed by atoms with Crippen LogP contribution >= 0.6 is 0 Å². The second-order valence-corrected chi connectivity index (χ2v) is 4.10. The lowest BCUT2D eigenvalue weighted by Crippen LogP contribution is -2.31. The average molecular weight is 248 g/mol. The SMILES string of the molecule is O=C(C1=C(O)CC(O)(O)C=C1O)c1ccccc1. The van der Waals surface area contributed by atoms with Gasteiger partial charge in [-0.2, -0.15) is 0 Å². The minimum absolute atomic E-state index is 0.294. The molecular formula is C13H12O5. The Balaban J connectivity index is 2.41. The summed E-state index contributed by atoms with van der Waals surface area (Å²) in [6, 6.07) is 8.10. The second kappa shape index (κ2) is 4.29. The molecule has 1 aromatic rings. The van der Waals surface area contributed by atoms with Crippen LogP contribution in [0.2, 0.25) is 0 Å². The molecule has 0 atom stereocenters. The van der Waals surface area contributed by atoms with Gasteiger partial charge in [0.25, 0.3) is 0 Å². The maximum atomic E-state index is 12.0. The lowest BCUT2D eigenvalue weighted by Gasteiger charge is -2.23. The Hall–Kier alpha value is -2.11. The van der Waals surface area contributed by atoms with E-state index in [0.717, 1.165) is 6.08 Å². The van der Waals surface area contributed by atoms with Crippen LogP contribution in [0.15, 0.2) is 53.5 Å². The smallest absolute Gasteiger partial charge is 0.200 e. The first-order valence-electron chi connectivity index (χ1n) is 5.29. The molecule has 0 aromatic heterocycles. The van der Waals surface area contributed by atoms with Gasteiger partial charge in [0.05, 0.1) is 6.42 Å². The van der Waals surface area contributed by atoms with Gasteiger partial charge in [-0.25, -0.2) is 0 Å². The molecule has 0 saturated carbocycles. The number of hydrogen-bond donors (Lipinski definition) is 4. The van der Waals surface area contributed by atoms with Crippen molar-refractivity contribution in [2.45, 2.75) is 12.2 Å². The Morgan fingerprint density at radius 2 is 1.72 bits per heavy atom.